The maximum atomic E-state index is 13.7. The van der Waals surface area contributed by atoms with Gasteiger partial charge in [-0.2, -0.15) is 0 Å². The lowest BCUT2D eigenvalue weighted by Crippen LogP contribution is -1.99. The second-order valence-corrected chi connectivity index (χ2v) is 5.81. The van der Waals surface area contributed by atoms with Crippen molar-refractivity contribution < 1.29 is 4.39 Å². The molecular weight excluding hydrogens is 283 g/mol. The summed E-state index contributed by atoms with van der Waals surface area (Å²) in [6.07, 6.45) is 0.497. The largest absolute Gasteiger partial charge is 0.325 e. The van der Waals surface area contributed by atoms with Crippen molar-refractivity contribution in [2.75, 3.05) is 0 Å². The molecule has 0 aliphatic heterocycles. The number of thiazole rings is 1. The summed E-state index contributed by atoms with van der Waals surface area (Å²) in [5.74, 6) is -0.191. The first kappa shape index (κ1) is 13.9. The molecule has 0 saturated carbocycles. The fourth-order valence-electron chi connectivity index (χ4n) is 2.23. The number of hydrogen-bond donors (Lipinski definition) is 1. The molecule has 0 atom stereocenters. The highest BCUT2D eigenvalue weighted by molar-refractivity contribution is 7.15. The summed E-state index contributed by atoms with van der Waals surface area (Å²) in [4.78, 5) is 5.64. The first-order valence-corrected chi connectivity index (χ1v) is 7.57. The average Bonchev–Trinajstić information content (AvgIpc) is 2.93. The Morgan fingerprint density at radius 1 is 1.00 bits per heavy atom. The zero-order chi connectivity index (χ0) is 14.7. The minimum absolute atomic E-state index is 0.191. The number of hydrogen-bond acceptors (Lipinski definition) is 3. The van der Waals surface area contributed by atoms with E-state index < -0.39 is 0 Å². The molecule has 0 spiro atoms. The summed E-state index contributed by atoms with van der Waals surface area (Å²) in [6.45, 7) is 0.387. The normalized spacial score (nSPS) is 10.8. The van der Waals surface area contributed by atoms with Crippen LogP contribution in [-0.4, -0.2) is 4.98 Å². The monoisotopic (exact) mass is 298 g/mol. The molecule has 4 heteroatoms. The van der Waals surface area contributed by atoms with E-state index in [2.05, 4.69) is 4.98 Å². The Morgan fingerprint density at radius 3 is 2.43 bits per heavy atom. The molecule has 2 N–H and O–H groups in total. The van der Waals surface area contributed by atoms with Crippen molar-refractivity contribution in [3.63, 3.8) is 0 Å². The molecule has 2 aromatic carbocycles. The van der Waals surface area contributed by atoms with Crippen LogP contribution in [0.4, 0.5) is 4.39 Å². The van der Waals surface area contributed by atoms with Crippen molar-refractivity contribution in [1.29, 1.82) is 0 Å². The first-order chi connectivity index (χ1) is 10.3. The Bertz CT molecular complexity index is 738. The third kappa shape index (κ3) is 3.01. The van der Waals surface area contributed by atoms with Gasteiger partial charge in [0.1, 0.15) is 5.82 Å². The summed E-state index contributed by atoms with van der Waals surface area (Å²) < 4.78 is 13.7. The molecule has 0 amide bonds. The van der Waals surface area contributed by atoms with Crippen LogP contribution in [-0.2, 0) is 13.0 Å². The van der Waals surface area contributed by atoms with Crippen LogP contribution >= 0.6 is 11.3 Å². The van der Waals surface area contributed by atoms with Gasteiger partial charge in [0.2, 0.25) is 0 Å². The Morgan fingerprint density at radius 2 is 1.71 bits per heavy atom. The lowest BCUT2D eigenvalue weighted by Gasteiger charge is -1.99. The highest BCUT2D eigenvalue weighted by Gasteiger charge is 2.13. The molecule has 1 heterocycles. The molecule has 0 bridgehead atoms. The summed E-state index contributed by atoms with van der Waals surface area (Å²) in [6, 6.07) is 16.9. The smallest absolute Gasteiger partial charge is 0.126 e. The predicted octanol–water partition coefficient (Wildman–Crippen LogP) is 4.00. The Hall–Kier alpha value is -2.04. The van der Waals surface area contributed by atoms with E-state index >= 15 is 0 Å². The third-order valence-corrected chi connectivity index (χ3v) is 4.42. The van der Waals surface area contributed by atoms with E-state index in [1.54, 1.807) is 23.5 Å². The van der Waals surface area contributed by atoms with Crippen molar-refractivity contribution in [1.82, 2.24) is 4.98 Å². The molecular formula is C17H15FN2S. The van der Waals surface area contributed by atoms with Crippen LogP contribution in [0.1, 0.15) is 16.3 Å². The van der Waals surface area contributed by atoms with E-state index in [1.165, 1.54) is 6.07 Å². The van der Waals surface area contributed by atoms with E-state index in [0.717, 1.165) is 21.1 Å². The van der Waals surface area contributed by atoms with Gasteiger partial charge >= 0.3 is 0 Å². The number of nitrogens with zero attached hydrogens (tertiary/aromatic N) is 1. The van der Waals surface area contributed by atoms with Gasteiger partial charge < -0.3 is 5.73 Å². The Balaban J connectivity index is 1.95. The van der Waals surface area contributed by atoms with E-state index in [0.29, 0.717) is 18.5 Å². The minimum Gasteiger partial charge on any atom is -0.325 e. The Labute approximate surface area is 127 Å². The van der Waals surface area contributed by atoms with E-state index in [4.69, 9.17) is 5.73 Å². The van der Waals surface area contributed by atoms with Gasteiger partial charge in [-0.15, -0.1) is 11.3 Å². The van der Waals surface area contributed by atoms with Crippen LogP contribution in [0.2, 0.25) is 0 Å². The topological polar surface area (TPSA) is 38.9 Å². The molecule has 1 aromatic heterocycles. The van der Waals surface area contributed by atoms with Crippen LogP contribution in [0.25, 0.3) is 10.4 Å². The Kier molecular flexibility index (Phi) is 4.08. The van der Waals surface area contributed by atoms with Crippen LogP contribution < -0.4 is 5.73 Å². The number of halogens is 1. The summed E-state index contributed by atoms with van der Waals surface area (Å²) in [5, 5.41) is 0.888. The van der Waals surface area contributed by atoms with Gasteiger partial charge in [0.05, 0.1) is 15.6 Å². The second kappa shape index (κ2) is 6.16. The first-order valence-electron chi connectivity index (χ1n) is 6.75. The fraction of sp³-hybridized carbons (Fsp3) is 0.118. The minimum atomic E-state index is -0.191. The van der Waals surface area contributed by atoms with Crippen molar-refractivity contribution in [3.8, 4) is 10.4 Å². The van der Waals surface area contributed by atoms with E-state index in [1.807, 2.05) is 36.4 Å². The van der Waals surface area contributed by atoms with Crippen LogP contribution in [0.15, 0.2) is 54.6 Å². The van der Waals surface area contributed by atoms with Crippen molar-refractivity contribution in [2.24, 2.45) is 5.73 Å². The zero-order valence-corrected chi connectivity index (χ0v) is 12.2. The molecule has 3 aromatic rings. The average molecular weight is 298 g/mol. The van der Waals surface area contributed by atoms with Gasteiger partial charge in [0.25, 0.3) is 0 Å². The molecule has 0 fully saturated rings. The van der Waals surface area contributed by atoms with Crippen LogP contribution in [0.5, 0.6) is 0 Å². The van der Waals surface area contributed by atoms with Crippen LogP contribution in [0.3, 0.4) is 0 Å². The molecule has 0 unspecified atom stereocenters. The van der Waals surface area contributed by atoms with E-state index in [9.17, 15) is 4.39 Å². The molecule has 0 aliphatic rings. The lowest BCUT2D eigenvalue weighted by atomic mass is 10.1. The number of rotatable bonds is 4. The molecule has 106 valence electrons. The number of aromatic nitrogens is 1. The predicted molar refractivity (Wildman–Crippen MR) is 84.6 cm³/mol. The van der Waals surface area contributed by atoms with Gasteiger partial charge in [-0.25, -0.2) is 9.37 Å². The fourth-order valence-corrected chi connectivity index (χ4v) is 3.35. The molecule has 0 saturated heterocycles. The summed E-state index contributed by atoms with van der Waals surface area (Å²) in [7, 11) is 0. The quantitative estimate of drug-likeness (QED) is 0.790. The maximum absolute atomic E-state index is 13.7. The van der Waals surface area contributed by atoms with E-state index in [-0.39, 0.29) is 5.82 Å². The second-order valence-electron chi connectivity index (χ2n) is 4.72. The molecule has 0 aliphatic carbocycles. The van der Waals surface area contributed by atoms with Gasteiger partial charge in [-0.05, 0) is 17.2 Å². The van der Waals surface area contributed by atoms with Crippen molar-refractivity contribution in [3.05, 3.63) is 76.7 Å². The summed E-state index contributed by atoms with van der Waals surface area (Å²) >= 11 is 1.58. The maximum Gasteiger partial charge on any atom is 0.126 e. The van der Waals surface area contributed by atoms with Gasteiger partial charge in [0.15, 0.2) is 0 Å². The highest BCUT2D eigenvalue weighted by Crippen LogP contribution is 2.31. The van der Waals surface area contributed by atoms with Gasteiger partial charge in [-0.1, -0.05) is 48.5 Å². The molecule has 2 nitrogen and oxygen atoms in total. The molecule has 0 radical (unpaired) electrons. The zero-order valence-electron chi connectivity index (χ0n) is 11.4. The summed E-state index contributed by atoms with van der Waals surface area (Å²) in [5.41, 5.74) is 8.44. The highest BCUT2D eigenvalue weighted by atomic mass is 32.1. The van der Waals surface area contributed by atoms with Gasteiger partial charge in [0, 0.05) is 13.0 Å². The van der Waals surface area contributed by atoms with Crippen molar-refractivity contribution in [2.45, 2.75) is 13.0 Å². The van der Waals surface area contributed by atoms with Crippen molar-refractivity contribution >= 4 is 11.3 Å². The van der Waals surface area contributed by atoms with Crippen LogP contribution in [0, 0.1) is 5.82 Å². The third-order valence-electron chi connectivity index (χ3n) is 3.27. The lowest BCUT2D eigenvalue weighted by molar-refractivity contribution is 0.613. The number of benzene rings is 2. The molecule has 21 heavy (non-hydrogen) atoms. The standard InChI is InChI=1S/C17H15FN2S/c18-14-9-5-4-8-13(14)10-16-20-15(11-19)17(21-16)12-6-2-1-3-7-12/h1-9H,10-11,19H2. The van der Waals surface area contributed by atoms with Gasteiger partial charge in [-0.3, -0.25) is 0 Å². The molecule has 3 rings (SSSR count). The number of nitrogens with two attached hydrogens (primary N) is 1. The SMILES string of the molecule is NCc1nc(Cc2ccccc2F)sc1-c1ccccc1.